The summed E-state index contributed by atoms with van der Waals surface area (Å²) in [6.07, 6.45) is 3.61. The van der Waals surface area contributed by atoms with Crippen molar-refractivity contribution in [3.8, 4) is 0 Å². The Labute approximate surface area is 160 Å². The van der Waals surface area contributed by atoms with Crippen molar-refractivity contribution in [3.63, 3.8) is 0 Å². The maximum atomic E-state index is 13.1. The van der Waals surface area contributed by atoms with E-state index in [1.165, 1.54) is 11.1 Å². The summed E-state index contributed by atoms with van der Waals surface area (Å²) in [4.78, 5) is 19.5. The summed E-state index contributed by atoms with van der Waals surface area (Å²) < 4.78 is 7.06. The Morgan fingerprint density at radius 3 is 2.59 bits per heavy atom. The van der Waals surface area contributed by atoms with Gasteiger partial charge in [-0.1, -0.05) is 18.6 Å². The van der Waals surface area contributed by atoms with Crippen molar-refractivity contribution in [3.05, 3.63) is 75.8 Å². The third kappa shape index (κ3) is 4.62. The van der Waals surface area contributed by atoms with Crippen LogP contribution in [0.15, 0.2) is 53.6 Å². The Morgan fingerprint density at radius 1 is 1.11 bits per heavy atom. The SMILES string of the molecule is CCN(Cc1ccncc1)Cc1cc2cc(C)ccc2n(CCOC)c1=O. The van der Waals surface area contributed by atoms with Crippen LogP contribution in [0.2, 0.25) is 0 Å². The first-order valence-electron chi connectivity index (χ1n) is 9.35. The van der Waals surface area contributed by atoms with Crippen LogP contribution in [0.3, 0.4) is 0 Å². The van der Waals surface area contributed by atoms with Crippen molar-refractivity contribution in [2.45, 2.75) is 33.5 Å². The van der Waals surface area contributed by atoms with Gasteiger partial charge in [0.25, 0.3) is 5.56 Å². The van der Waals surface area contributed by atoms with Crippen molar-refractivity contribution < 1.29 is 4.74 Å². The molecule has 3 aromatic rings. The molecule has 0 aliphatic rings. The Kier molecular flexibility index (Phi) is 6.37. The van der Waals surface area contributed by atoms with Gasteiger partial charge in [0.2, 0.25) is 0 Å². The van der Waals surface area contributed by atoms with Crippen LogP contribution in [0.1, 0.15) is 23.6 Å². The average Bonchev–Trinajstić information content (AvgIpc) is 2.68. The molecular weight excluding hydrogens is 338 g/mol. The Morgan fingerprint density at radius 2 is 1.89 bits per heavy atom. The van der Waals surface area contributed by atoms with Gasteiger partial charge >= 0.3 is 0 Å². The highest BCUT2D eigenvalue weighted by Crippen LogP contribution is 2.17. The van der Waals surface area contributed by atoms with Gasteiger partial charge < -0.3 is 9.30 Å². The quantitative estimate of drug-likeness (QED) is 0.614. The molecule has 0 atom stereocenters. The molecule has 0 saturated carbocycles. The summed E-state index contributed by atoms with van der Waals surface area (Å²) in [5.74, 6) is 0. The molecule has 0 N–H and O–H groups in total. The lowest BCUT2D eigenvalue weighted by atomic mass is 10.1. The van der Waals surface area contributed by atoms with Gasteiger partial charge in [0.15, 0.2) is 0 Å². The van der Waals surface area contributed by atoms with Gasteiger partial charge in [-0.2, -0.15) is 0 Å². The minimum absolute atomic E-state index is 0.0663. The molecule has 0 aliphatic heterocycles. The predicted molar refractivity (Wildman–Crippen MR) is 109 cm³/mol. The molecule has 0 aliphatic carbocycles. The van der Waals surface area contributed by atoms with Crippen molar-refractivity contribution >= 4 is 10.9 Å². The lowest BCUT2D eigenvalue weighted by molar-refractivity contribution is 0.187. The highest BCUT2D eigenvalue weighted by Gasteiger charge is 2.13. The topological polar surface area (TPSA) is 47.4 Å². The number of ether oxygens (including phenoxy) is 1. The summed E-state index contributed by atoms with van der Waals surface area (Å²) >= 11 is 0. The van der Waals surface area contributed by atoms with E-state index in [2.05, 4.69) is 29.8 Å². The summed E-state index contributed by atoms with van der Waals surface area (Å²) in [6.45, 7) is 7.55. The molecule has 1 aromatic carbocycles. The van der Waals surface area contributed by atoms with Crippen LogP contribution in [-0.4, -0.2) is 34.7 Å². The number of aryl methyl sites for hydroxylation is 1. The van der Waals surface area contributed by atoms with Crippen molar-refractivity contribution in [1.82, 2.24) is 14.5 Å². The van der Waals surface area contributed by atoms with Gasteiger partial charge in [-0.3, -0.25) is 14.7 Å². The molecule has 142 valence electrons. The lowest BCUT2D eigenvalue weighted by Gasteiger charge is -2.21. The van der Waals surface area contributed by atoms with Crippen LogP contribution in [0.5, 0.6) is 0 Å². The van der Waals surface area contributed by atoms with E-state index in [4.69, 9.17) is 4.74 Å². The number of pyridine rings is 2. The molecule has 2 aromatic heterocycles. The highest BCUT2D eigenvalue weighted by molar-refractivity contribution is 5.80. The molecule has 2 heterocycles. The minimum Gasteiger partial charge on any atom is -0.383 e. The first-order chi connectivity index (χ1) is 13.1. The molecule has 0 radical (unpaired) electrons. The van der Waals surface area contributed by atoms with Crippen molar-refractivity contribution in [2.24, 2.45) is 0 Å². The number of methoxy groups -OCH3 is 1. The van der Waals surface area contributed by atoms with Crippen LogP contribution in [-0.2, 0) is 24.4 Å². The first kappa shape index (κ1) is 19.3. The van der Waals surface area contributed by atoms with Crippen LogP contribution in [0, 0.1) is 6.92 Å². The maximum absolute atomic E-state index is 13.1. The molecule has 0 fully saturated rings. The van der Waals surface area contributed by atoms with Crippen LogP contribution in [0.4, 0.5) is 0 Å². The molecule has 3 rings (SSSR count). The lowest BCUT2D eigenvalue weighted by Crippen LogP contribution is -2.31. The molecule has 5 nitrogen and oxygen atoms in total. The number of benzene rings is 1. The fourth-order valence-electron chi connectivity index (χ4n) is 3.35. The van der Waals surface area contributed by atoms with E-state index < -0.39 is 0 Å². The molecule has 0 bridgehead atoms. The predicted octanol–water partition coefficient (Wildman–Crippen LogP) is 3.37. The zero-order valence-electron chi connectivity index (χ0n) is 16.3. The van der Waals surface area contributed by atoms with Gasteiger partial charge in [0, 0.05) is 44.7 Å². The van der Waals surface area contributed by atoms with E-state index in [9.17, 15) is 4.79 Å². The molecule has 0 amide bonds. The number of rotatable bonds is 8. The molecule has 27 heavy (non-hydrogen) atoms. The van der Waals surface area contributed by atoms with E-state index in [-0.39, 0.29) is 5.56 Å². The number of aromatic nitrogens is 2. The first-order valence-corrected chi connectivity index (χ1v) is 9.35. The third-order valence-electron chi connectivity index (χ3n) is 4.84. The molecule has 0 spiro atoms. The number of hydrogen-bond acceptors (Lipinski definition) is 4. The van der Waals surface area contributed by atoms with E-state index in [1.54, 1.807) is 19.5 Å². The molecule has 5 heteroatoms. The van der Waals surface area contributed by atoms with Gasteiger partial charge in [0.1, 0.15) is 0 Å². The summed E-state index contributed by atoms with van der Waals surface area (Å²) in [5.41, 5.74) is 4.23. The standard InChI is InChI=1S/C22H27N3O2/c1-4-24(15-18-7-9-23-10-8-18)16-20-14-19-13-17(2)5-6-21(19)25(22(20)26)11-12-27-3/h5-10,13-14H,4,11-12,15-16H2,1-3H3. The second-order valence-electron chi connectivity index (χ2n) is 6.84. The van der Waals surface area contributed by atoms with Gasteiger partial charge in [-0.05, 0) is 54.8 Å². The fraction of sp³-hybridized carbons (Fsp3) is 0.364. The van der Waals surface area contributed by atoms with Gasteiger partial charge in [0.05, 0.1) is 12.1 Å². The maximum Gasteiger partial charge on any atom is 0.255 e. The molecule has 0 unspecified atom stereocenters. The smallest absolute Gasteiger partial charge is 0.255 e. The molecule has 0 saturated heterocycles. The van der Waals surface area contributed by atoms with Crippen molar-refractivity contribution in [1.29, 1.82) is 0 Å². The van der Waals surface area contributed by atoms with Gasteiger partial charge in [-0.25, -0.2) is 0 Å². The van der Waals surface area contributed by atoms with Crippen LogP contribution in [0.25, 0.3) is 10.9 Å². The zero-order valence-corrected chi connectivity index (χ0v) is 16.3. The van der Waals surface area contributed by atoms with E-state index >= 15 is 0 Å². The zero-order chi connectivity index (χ0) is 19.2. The monoisotopic (exact) mass is 365 g/mol. The highest BCUT2D eigenvalue weighted by atomic mass is 16.5. The van der Waals surface area contributed by atoms with E-state index in [1.807, 2.05) is 34.9 Å². The Balaban J connectivity index is 1.97. The Hall–Kier alpha value is -2.50. The second-order valence-corrected chi connectivity index (χ2v) is 6.84. The Bertz CT molecular complexity index is 951. The number of hydrogen-bond donors (Lipinski definition) is 0. The van der Waals surface area contributed by atoms with E-state index in [0.717, 1.165) is 29.6 Å². The summed E-state index contributed by atoms with van der Waals surface area (Å²) in [5, 5.41) is 1.10. The number of fused-ring (bicyclic) bond motifs is 1. The van der Waals surface area contributed by atoms with E-state index in [0.29, 0.717) is 19.7 Å². The van der Waals surface area contributed by atoms with Crippen LogP contribution < -0.4 is 5.56 Å². The normalized spacial score (nSPS) is 11.4. The average molecular weight is 365 g/mol. The molecular formula is C22H27N3O2. The summed E-state index contributed by atoms with van der Waals surface area (Å²) in [6, 6.07) is 12.3. The largest absolute Gasteiger partial charge is 0.383 e. The second kappa shape index (κ2) is 8.93. The summed E-state index contributed by atoms with van der Waals surface area (Å²) in [7, 11) is 1.66. The third-order valence-corrected chi connectivity index (χ3v) is 4.84. The van der Waals surface area contributed by atoms with Crippen LogP contribution >= 0.6 is 0 Å². The van der Waals surface area contributed by atoms with Gasteiger partial charge in [-0.15, -0.1) is 0 Å². The van der Waals surface area contributed by atoms with Crippen molar-refractivity contribution in [2.75, 3.05) is 20.3 Å². The fourth-order valence-corrected chi connectivity index (χ4v) is 3.35. The number of nitrogens with zero attached hydrogens (tertiary/aromatic N) is 3. The minimum atomic E-state index is 0.0663.